The number of benzene rings is 2. The minimum absolute atomic E-state index is 0.108. The number of carbonyl (C=O) groups is 1. The monoisotopic (exact) mass is 376 g/mol. The Morgan fingerprint density at radius 1 is 1.18 bits per heavy atom. The molecule has 5 heteroatoms. The summed E-state index contributed by atoms with van der Waals surface area (Å²) in [6, 6.07) is 17.7. The molecule has 0 bridgehead atoms. The third-order valence-electron chi connectivity index (χ3n) is 3.00. The first-order valence-electron chi connectivity index (χ1n) is 6.88. The number of thioether (sulfide) groups is 1. The molecule has 22 heavy (non-hydrogen) atoms. The quantitative estimate of drug-likeness (QED) is 0.475. The van der Waals surface area contributed by atoms with Gasteiger partial charge in [-0.15, -0.1) is 11.8 Å². The lowest BCUT2D eigenvalue weighted by atomic mass is 10.1. The summed E-state index contributed by atoms with van der Waals surface area (Å²) < 4.78 is 0.985. The first kappa shape index (κ1) is 16.8. The Balaban J connectivity index is 1.95. The van der Waals surface area contributed by atoms with Crippen molar-refractivity contribution in [1.82, 2.24) is 5.43 Å². The molecule has 0 radical (unpaired) electrons. The molecule has 2 aromatic rings. The molecule has 1 amide bonds. The van der Waals surface area contributed by atoms with Gasteiger partial charge in [0.05, 0.1) is 11.0 Å². The van der Waals surface area contributed by atoms with Crippen molar-refractivity contribution in [3.05, 3.63) is 64.6 Å². The van der Waals surface area contributed by atoms with E-state index in [1.54, 1.807) is 0 Å². The van der Waals surface area contributed by atoms with Crippen LogP contribution in [0.4, 0.5) is 0 Å². The zero-order chi connectivity index (χ0) is 15.9. The van der Waals surface area contributed by atoms with Gasteiger partial charge in [0.15, 0.2) is 0 Å². The summed E-state index contributed by atoms with van der Waals surface area (Å²) in [5.74, 6) is -0.108. The van der Waals surface area contributed by atoms with Crippen LogP contribution in [0.25, 0.3) is 0 Å². The number of nitrogens with one attached hydrogen (secondary N) is 1. The Bertz CT molecular complexity index is 673. The highest BCUT2D eigenvalue weighted by Crippen LogP contribution is 2.22. The molecule has 0 aliphatic heterocycles. The summed E-state index contributed by atoms with van der Waals surface area (Å²) in [7, 11) is 0. The molecule has 114 valence electrons. The fourth-order valence-electron chi connectivity index (χ4n) is 1.76. The lowest BCUT2D eigenvalue weighted by Gasteiger charge is -2.10. The molecular formula is C17H17BrN2OS. The van der Waals surface area contributed by atoms with Crippen LogP contribution in [0.1, 0.15) is 19.4 Å². The average molecular weight is 377 g/mol. The molecule has 0 saturated carbocycles. The number of rotatable bonds is 5. The van der Waals surface area contributed by atoms with Gasteiger partial charge >= 0.3 is 0 Å². The van der Waals surface area contributed by atoms with Gasteiger partial charge in [-0.1, -0.05) is 46.3 Å². The second-order valence-electron chi connectivity index (χ2n) is 4.76. The summed E-state index contributed by atoms with van der Waals surface area (Å²) >= 11 is 4.94. The minimum Gasteiger partial charge on any atom is -0.272 e. The predicted molar refractivity (Wildman–Crippen MR) is 96.3 cm³/mol. The maximum atomic E-state index is 12.1. The van der Waals surface area contributed by atoms with Crippen molar-refractivity contribution in [2.45, 2.75) is 24.0 Å². The smallest absolute Gasteiger partial charge is 0.253 e. The standard InChI is InChI=1S/C17H17BrN2OS/c1-12(14-7-6-8-15(18)11-14)19-20-17(21)13(2)22-16-9-4-3-5-10-16/h3-11,13H,1-2H3,(H,20,21)/b19-12-/t13-/m1/s1. The van der Waals surface area contributed by atoms with Gasteiger partial charge in [-0.3, -0.25) is 4.79 Å². The van der Waals surface area contributed by atoms with E-state index in [1.807, 2.05) is 68.4 Å². The molecule has 0 saturated heterocycles. The summed E-state index contributed by atoms with van der Waals surface area (Å²) in [6.07, 6.45) is 0. The average Bonchev–Trinajstić information content (AvgIpc) is 2.53. The lowest BCUT2D eigenvalue weighted by Crippen LogP contribution is -2.27. The Kier molecular flexibility index (Phi) is 6.21. The number of nitrogens with zero attached hydrogens (tertiary/aromatic N) is 1. The van der Waals surface area contributed by atoms with Crippen molar-refractivity contribution in [2.75, 3.05) is 0 Å². The normalized spacial score (nSPS) is 12.8. The van der Waals surface area contributed by atoms with Crippen LogP contribution in [0.5, 0.6) is 0 Å². The zero-order valence-electron chi connectivity index (χ0n) is 12.4. The second-order valence-corrected chi connectivity index (χ2v) is 7.09. The fraction of sp³-hybridized carbons (Fsp3) is 0.176. The zero-order valence-corrected chi connectivity index (χ0v) is 14.8. The maximum Gasteiger partial charge on any atom is 0.253 e. The molecule has 1 atom stereocenters. The molecule has 3 nitrogen and oxygen atoms in total. The summed E-state index contributed by atoms with van der Waals surface area (Å²) in [4.78, 5) is 13.2. The molecule has 0 aliphatic carbocycles. The van der Waals surface area contributed by atoms with Gasteiger partial charge in [-0.05, 0) is 43.7 Å². The van der Waals surface area contributed by atoms with Crippen molar-refractivity contribution < 1.29 is 4.79 Å². The van der Waals surface area contributed by atoms with Crippen LogP contribution in [0.15, 0.2) is 69.1 Å². The number of carbonyl (C=O) groups excluding carboxylic acids is 1. The molecule has 0 aliphatic rings. The van der Waals surface area contributed by atoms with Gasteiger partial charge in [0.25, 0.3) is 5.91 Å². The van der Waals surface area contributed by atoms with E-state index in [-0.39, 0.29) is 11.2 Å². The van der Waals surface area contributed by atoms with E-state index in [0.717, 1.165) is 20.6 Å². The summed E-state index contributed by atoms with van der Waals surface area (Å²) in [5.41, 5.74) is 4.37. The third kappa shape index (κ3) is 5.00. The van der Waals surface area contributed by atoms with Crippen molar-refractivity contribution in [2.24, 2.45) is 5.10 Å². The number of hydrogen-bond donors (Lipinski definition) is 1. The number of hydrogen-bond acceptors (Lipinski definition) is 3. The predicted octanol–water partition coefficient (Wildman–Crippen LogP) is 4.47. The van der Waals surface area contributed by atoms with E-state index in [1.165, 1.54) is 11.8 Å². The van der Waals surface area contributed by atoms with Crippen molar-refractivity contribution in [3.63, 3.8) is 0 Å². The van der Waals surface area contributed by atoms with Crippen LogP contribution in [0, 0.1) is 0 Å². The molecular weight excluding hydrogens is 360 g/mol. The van der Waals surface area contributed by atoms with E-state index in [2.05, 4.69) is 26.5 Å². The minimum atomic E-state index is -0.207. The third-order valence-corrected chi connectivity index (χ3v) is 4.61. The van der Waals surface area contributed by atoms with Gasteiger partial charge in [0.1, 0.15) is 0 Å². The number of amides is 1. The van der Waals surface area contributed by atoms with Crippen molar-refractivity contribution in [3.8, 4) is 0 Å². The molecule has 2 aromatic carbocycles. The SMILES string of the molecule is C/C(=N/NC(=O)[C@@H](C)Sc1ccccc1)c1cccc(Br)c1. The van der Waals surface area contributed by atoms with Gasteiger partial charge in [0.2, 0.25) is 0 Å². The molecule has 1 N–H and O–H groups in total. The Hall–Kier alpha value is -1.59. The largest absolute Gasteiger partial charge is 0.272 e. The van der Waals surface area contributed by atoms with Gasteiger partial charge < -0.3 is 0 Å². The first-order chi connectivity index (χ1) is 10.6. The van der Waals surface area contributed by atoms with Gasteiger partial charge in [-0.25, -0.2) is 5.43 Å². The number of halogens is 1. The molecule has 2 rings (SSSR count). The molecule has 0 spiro atoms. The van der Waals surface area contributed by atoms with Crippen molar-refractivity contribution >= 4 is 39.3 Å². The van der Waals surface area contributed by atoms with Crippen molar-refractivity contribution in [1.29, 1.82) is 0 Å². The van der Waals surface area contributed by atoms with Crippen LogP contribution in [-0.2, 0) is 4.79 Å². The van der Waals surface area contributed by atoms with E-state index in [0.29, 0.717) is 0 Å². The summed E-state index contributed by atoms with van der Waals surface area (Å²) in [6.45, 7) is 3.74. The van der Waals surface area contributed by atoms with E-state index in [4.69, 9.17) is 0 Å². The highest BCUT2D eigenvalue weighted by molar-refractivity contribution is 9.10. The van der Waals surface area contributed by atoms with Crippen LogP contribution < -0.4 is 5.43 Å². The lowest BCUT2D eigenvalue weighted by molar-refractivity contribution is -0.120. The Morgan fingerprint density at radius 2 is 1.91 bits per heavy atom. The van der Waals surface area contributed by atoms with Gasteiger partial charge in [-0.2, -0.15) is 5.10 Å². The Morgan fingerprint density at radius 3 is 2.59 bits per heavy atom. The second kappa shape index (κ2) is 8.15. The van der Waals surface area contributed by atoms with E-state index in [9.17, 15) is 4.79 Å². The van der Waals surface area contributed by atoms with E-state index < -0.39 is 0 Å². The van der Waals surface area contributed by atoms with Crippen LogP contribution in [-0.4, -0.2) is 16.9 Å². The van der Waals surface area contributed by atoms with Crippen LogP contribution in [0.2, 0.25) is 0 Å². The molecule has 0 fully saturated rings. The molecule has 0 heterocycles. The van der Waals surface area contributed by atoms with Crippen LogP contribution in [0.3, 0.4) is 0 Å². The highest BCUT2D eigenvalue weighted by Gasteiger charge is 2.13. The summed E-state index contributed by atoms with van der Waals surface area (Å²) in [5, 5.41) is 3.97. The molecule has 0 aromatic heterocycles. The highest BCUT2D eigenvalue weighted by atomic mass is 79.9. The van der Waals surface area contributed by atoms with E-state index >= 15 is 0 Å². The fourth-order valence-corrected chi connectivity index (χ4v) is 3.05. The first-order valence-corrected chi connectivity index (χ1v) is 8.55. The van der Waals surface area contributed by atoms with Crippen LogP contribution >= 0.6 is 27.7 Å². The topological polar surface area (TPSA) is 41.5 Å². The maximum absolute atomic E-state index is 12.1. The Labute approximate surface area is 143 Å². The number of hydrazone groups is 1. The van der Waals surface area contributed by atoms with Gasteiger partial charge in [0, 0.05) is 9.37 Å². The molecule has 0 unspecified atom stereocenters.